The van der Waals surface area contributed by atoms with Crippen LogP contribution >= 0.6 is 34.8 Å². The molecule has 0 unspecified atom stereocenters. The van der Waals surface area contributed by atoms with Gasteiger partial charge in [0.1, 0.15) is 23.7 Å². The van der Waals surface area contributed by atoms with Crippen molar-refractivity contribution in [3.05, 3.63) is 92.4 Å². The molecule has 4 amide bonds. The Labute approximate surface area is 222 Å². The molecule has 1 fully saturated rings. The monoisotopic (exact) mass is 544 g/mol. The summed E-state index contributed by atoms with van der Waals surface area (Å²) >= 11 is 18.6. The van der Waals surface area contributed by atoms with Crippen molar-refractivity contribution in [3.8, 4) is 11.5 Å². The molecule has 1 saturated heterocycles. The zero-order valence-electron chi connectivity index (χ0n) is 18.9. The number of nitrogens with one attached hydrogen (secondary N) is 1. The van der Waals surface area contributed by atoms with E-state index in [-0.39, 0.29) is 39.2 Å². The minimum atomic E-state index is -0.868. The van der Waals surface area contributed by atoms with Crippen molar-refractivity contribution in [1.82, 2.24) is 5.32 Å². The van der Waals surface area contributed by atoms with Crippen LogP contribution in [0, 0.1) is 0 Å². The predicted octanol–water partition coefficient (Wildman–Crippen LogP) is 6.29. The van der Waals surface area contributed by atoms with Crippen LogP contribution in [0.3, 0.4) is 0 Å². The van der Waals surface area contributed by atoms with Crippen molar-refractivity contribution in [2.75, 3.05) is 11.5 Å². The van der Waals surface area contributed by atoms with Gasteiger partial charge >= 0.3 is 6.03 Å². The SMILES string of the molecule is CCOc1ccc(N2C(=O)NC(=O)/C(=C\c3cc(Cl)cc(Cl)c3OCc3cccc(Cl)c3)C2=O)cc1. The van der Waals surface area contributed by atoms with Crippen LogP contribution < -0.4 is 19.7 Å². The topological polar surface area (TPSA) is 84.9 Å². The van der Waals surface area contributed by atoms with Gasteiger partial charge in [-0.3, -0.25) is 14.9 Å². The molecule has 0 spiro atoms. The summed E-state index contributed by atoms with van der Waals surface area (Å²) in [4.78, 5) is 39.3. The molecule has 0 aromatic heterocycles. The highest BCUT2D eigenvalue weighted by molar-refractivity contribution is 6.40. The number of imide groups is 2. The zero-order valence-corrected chi connectivity index (χ0v) is 21.2. The second-order valence-corrected chi connectivity index (χ2v) is 8.89. The fraction of sp³-hybridized carbons (Fsp3) is 0.115. The van der Waals surface area contributed by atoms with Crippen LogP contribution in [0.4, 0.5) is 10.5 Å². The average Bonchev–Trinajstić information content (AvgIpc) is 2.82. The Morgan fingerprint density at radius 3 is 2.36 bits per heavy atom. The molecule has 0 bridgehead atoms. The second kappa shape index (κ2) is 11.0. The molecule has 7 nitrogen and oxygen atoms in total. The lowest BCUT2D eigenvalue weighted by Crippen LogP contribution is -2.54. The van der Waals surface area contributed by atoms with Crippen LogP contribution in [-0.4, -0.2) is 24.5 Å². The number of hydrogen-bond acceptors (Lipinski definition) is 5. The Morgan fingerprint density at radius 2 is 1.67 bits per heavy atom. The van der Waals surface area contributed by atoms with Gasteiger partial charge in [0, 0.05) is 15.6 Å². The highest BCUT2D eigenvalue weighted by Crippen LogP contribution is 2.35. The van der Waals surface area contributed by atoms with E-state index in [1.54, 1.807) is 42.5 Å². The minimum Gasteiger partial charge on any atom is -0.494 e. The molecule has 184 valence electrons. The number of halogens is 3. The number of nitrogens with zero attached hydrogens (tertiary/aromatic N) is 1. The number of benzene rings is 3. The van der Waals surface area contributed by atoms with Gasteiger partial charge < -0.3 is 9.47 Å². The van der Waals surface area contributed by atoms with E-state index in [2.05, 4.69) is 5.32 Å². The first-order chi connectivity index (χ1) is 17.3. The van der Waals surface area contributed by atoms with Gasteiger partial charge in [-0.1, -0.05) is 46.9 Å². The molecule has 1 N–H and O–H groups in total. The fourth-order valence-electron chi connectivity index (χ4n) is 3.53. The predicted molar refractivity (Wildman–Crippen MR) is 139 cm³/mol. The van der Waals surface area contributed by atoms with E-state index < -0.39 is 17.8 Å². The maximum Gasteiger partial charge on any atom is 0.335 e. The Kier molecular flexibility index (Phi) is 7.84. The molecule has 0 radical (unpaired) electrons. The van der Waals surface area contributed by atoms with E-state index in [4.69, 9.17) is 44.3 Å². The molecule has 0 saturated carbocycles. The second-order valence-electron chi connectivity index (χ2n) is 7.61. The summed E-state index contributed by atoms with van der Waals surface area (Å²) in [6.07, 6.45) is 1.29. The molecule has 3 aromatic rings. The molecule has 4 rings (SSSR count). The van der Waals surface area contributed by atoms with Crippen molar-refractivity contribution < 1.29 is 23.9 Å². The Hall–Kier alpha value is -3.52. The molecule has 0 aliphatic carbocycles. The minimum absolute atomic E-state index is 0.120. The fourth-order valence-corrected chi connectivity index (χ4v) is 4.30. The van der Waals surface area contributed by atoms with Crippen molar-refractivity contribution in [2.24, 2.45) is 0 Å². The maximum absolute atomic E-state index is 13.3. The molecule has 1 aliphatic heterocycles. The van der Waals surface area contributed by atoms with Gasteiger partial charge in [0.2, 0.25) is 0 Å². The molecule has 0 atom stereocenters. The van der Waals surface area contributed by atoms with E-state index in [0.29, 0.717) is 17.4 Å². The molecule has 10 heteroatoms. The summed E-state index contributed by atoms with van der Waals surface area (Å²) in [5.41, 5.74) is 1.04. The number of carbonyl (C=O) groups excluding carboxylic acids is 3. The largest absolute Gasteiger partial charge is 0.494 e. The highest BCUT2D eigenvalue weighted by atomic mass is 35.5. The van der Waals surface area contributed by atoms with Crippen LogP contribution in [0.1, 0.15) is 18.1 Å². The lowest BCUT2D eigenvalue weighted by atomic mass is 10.1. The normalized spacial score (nSPS) is 14.7. The van der Waals surface area contributed by atoms with Crippen LogP contribution in [0.15, 0.2) is 66.2 Å². The number of carbonyl (C=O) groups is 3. The van der Waals surface area contributed by atoms with Gasteiger partial charge in [-0.15, -0.1) is 0 Å². The third-order valence-corrected chi connectivity index (χ3v) is 5.85. The van der Waals surface area contributed by atoms with Crippen molar-refractivity contribution in [2.45, 2.75) is 13.5 Å². The first-order valence-corrected chi connectivity index (χ1v) is 11.9. The van der Waals surface area contributed by atoms with Gasteiger partial charge in [0.15, 0.2) is 0 Å². The summed E-state index contributed by atoms with van der Waals surface area (Å²) in [5, 5.41) is 3.18. The summed E-state index contributed by atoms with van der Waals surface area (Å²) in [5.74, 6) is -0.888. The first kappa shape index (κ1) is 25.6. The van der Waals surface area contributed by atoms with Gasteiger partial charge in [0.25, 0.3) is 11.8 Å². The van der Waals surface area contributed by atoms with Crippen LogP contribution in [0.2, 0.25) is 15.1 Å². The third kappa shape index (κ3) is 5.65. The number of amides is 4. The number of hydrogen-bond donors (Lipinski definition) is 1. The lowest BCUT2D eigenvalue weighted by molar-refractivity contribution is -0.122. The van der Waals surface area contributed by atoms with Crippen molar-refractivity contribution >= 4 is 64.4 Å². The van der Waals surface area contributed by atoms with Gasteiger partial charge in [-0.2, -0.15) is 0 Å². The first-order valence-electron chi connectivity index (χ1n) is 10.8. The Morgan fingerprint density at radius 1 is 0.917 bits per heavy atom. The summed E-state index contributed by atoms with van der Waals surface area (Å²) in [7, 11) is 0. The van der Waals surface area contributed by atoms with Gasteiger partial charge in [0.05, 0.1) is 17.3 Å². The smallest absolute Gasteiger partial charge is 0.335 e. The van der Waals surface area contributed by atoms with E-state index >= 15 is 0 Å². The number of barbiturate groups is 1. The van der Waals surface area contributed by atoms with Crippen molar-refractivity contribution in [3.63, 3.8) is 0 Å². The highest BCUT2D eigenvalue weighted by Gasteiger charge is 2.37. The third-order valence-electron chi connectivity index (χ3n) is 5.12. The average molecular weight is 546 g/mol. The quantitative estimate of drug-likeness (QED) is 0.279. The summed E-state index contributed by atoms with van der Waals surface area (Å²) < 4.78 is 11.3. The number of ether oxygens (including phenoxy) is 2. The lowest BCUT2D eigenvalue weighted by Gasteiger charge is -2.26. The van der Waals surface area contributed by atoms with E-state index in [1.165, 1.54) is 18.2 Å². The number of urea groups is 1. The molecule has 1 aliphatic rings. The number of anilines is 1. The van der Waals surface area contributed by atoms with E-state index in [0.717, 1.165) is 10.5 Å². The Balaban J connectivity index is 1.68. The van der Waals surface area contributed by atoms with E-state index in [1.807, 2.05) is 13.0 Å². The molecule has 1 heterocycles. The maximum atomic E-state index is 13.3. The molecular weight excluding hydrogens is 527 g/mol. The van der Waals surface area contributed by atoms with Gasteiger partial charge in [-0.05, 0) is 67.1 Å². The summed E-state index contributed by atoms with van der Waals surface area (Å²) in [6, 6.07) is 15.5. The van der Waals surface area contributed by atoms with Gasteiger partial charge in [-0.25, -0.2) is 9.69 Å². The number of rotatable bonds is 7. The molecule has 36 heavy (non-hydrogen) atoms. The molecule has 3 aromatic carbocycles. The van der Waals surface area contributed by atoms with Crippen LogP contribution in [0.5, 0.6) is 11.5 Å². The van der Waals surface area contributed by atoms with Crippen LogP contribution in [0.25, 0.3) is 6.08 Å². The van der Waals surface area contributed by atoms with Crippen molar-refractivity contribution in [1.29, 1.82) is 0 Å². The van der Waals surface area contributed by atoms with Crippen LogP contribution in [-0.2, 0) is 16.2 Å². The standard InChI is InChI=1S/C26H19Cl3N2O5/c1-2-35-20-8-6-19(7-9-20)31-25(33)21(24(32)30-26(31)34)12-16-11-18(28)13-22(29)23(16)36-14-15-4-3-5-17(27)10-15/h3-13H,2,14H2,1H3,(H,30,32,34)/b21-12+. The van der Waals surface area contributed by atoms with E-state index in [9.17, 15) is 14.4 Å². The Bertz CT molecular complexity index is 1370. The zero-order chi connectivity index (χ0) is 25.8. The molecular formula is C26H19Cl3N2O5. The summed E-state index contributed by atoms with van der Waals surface area (Å²) in [6.45, 7) is 2.43.